The van der Waals surface area contributed by atoms with E-state index in [1.54, 1.807) is 0 Å². The van der Waals surface area contributed by atoms with Gasteiger partial charge < -0.3 is 0 Å². The molecule has 0 aliphatic carbocycles. The number of benzene rings is 1. The van der Waals surface area contributed by atoms with Crippen molar-refractivity contribution in [3.05, 3.63) is 35.9 Å². The maximum Gasteiger partial charge on any atom is 0.0813 e. The minimum absolute atomic E-state index is 0.840. The lowest BCUT2D eigenvalue weighted by atomic mass is 10.2. The largest absolute Gasteiger partial charge is 0.272 e. The summed E-state index contributed by atoms with van der Waals surface area (Å²) >= 11 is 0. The van der Waals surface area contributed by atoms with Gasteiger partial charge in [0.05, 0.1) is 19.6 Å². The number of rotatable bonds is 2. The van der Waals surface area contributed by atoms with E-state index in [9.17, 15) is 0 Å². The van der Waals surface area contributed by atoms with E-state index in [1.165, 1.54) is 5.56 Å². The third-order valence-corrected chi connectivity index (χ3v) is 1.86. The standard InChI is InChI=1S/C9H11N3/c1-2-4-9(5-3-1)8-12-7-6-10-11-12/h1-5H,6-8H2. The quantitative estimate of drug-likeness (QED) is 0.650. The summed E-state index contributed by atoms with van der Waals surface area (Å²) in [5.41, 5.74) is 1.29. The van der Waals surface area contributed by atoms with Crippen LogP contribution in [-0.2, 0) is 6.54 Å². The van der Waals surface area contributed by atoms with Crippen LogP contribution >= 0.6 is 0 Å². The third-order valence-electron chi connectivity index (χ3n) is 1.86. The van der Waals surface area contributed by atoms with Crippen LogP contribution in [0.1, 0.15) is 5.56 Å². The van der Waals surface area contributed by atoms with Crippen molar-refractivity contribution in [3.8, 4) is 0 Å². The molecule has 1 aromatic rings. The molecule has 1 aliphatic rings. The van der Waals surface area contributed by atoms with Crippen LogP contribution in [0.15, 0.2) is 40.7 Å². The number of nitrogens with zero attached hydrogens (tertiary/aromatic N) is 3. The Bertz CT molecular complexity index is 268. The van der Waals surface area contributed by atoms with Crippen molar-refractivity contribution in [1.29, 1.82) is 0 Å². The van der Waals surface area contributed by atoms with Gasteiger partial charge in [0.1, 0.15) is 0 Å². The van der Waals surface area contributed by atoms with Crippen LogP contribution in [0.2, 0.25) is 0 Å². The molecule has 1 aromatic carbocycles. The average Bonchev–Trinajstić information content (AvgIpc) is 2.59. The molecule has 0 amide bonds. The summed E-state index contributed by atoms with van der Waals surface area (Å²) in [7, 11) is 0. The molecule has 0 aromatic heterocycles. The van der Waals surface area contributed by atoms with Crippen LogP contribution in [0.5, 0.6) is 0 Å². The van der Waals surface area contributed by atoms with Crippen molar-refractivity contribution in [2.45, 2.75) is 6.54 Å². The first-order valence-electron chi connectivity index (χ1n) is 4.11. The highest BCUT2D eigenvalue weighted by Crippen LogP contribution is 2.07. The lowest BCUT2D eigenvalue weighted by Crippen LogP contribution is -2.14. The molecular weight excluding hydrogens is 150 g/mol. The Labute approximate surface area is 71.7 Å². The second-order valence-corrected chi connectivity index (χ2v) is 2.83. The van der Waals surface area contributed by atoms with Crippen molar-refractivity contribution < 1.29 is 0 Å². The molecule has 0 N–H and O–H groups in total. The molecule has 0 unspecified atom stereocenters. The van der Waals surface area contributed by atoms with Crippen LogP contribution in [-0.4, -0.2) is 18.1 Å². The number of hydrogen-bond acceptors (Lipinski definition) is 3. The average molecular weight is 161 g/mol. The van der Waals surface area contributed by atoms with Gasteiger partial charge in [0, 0.05) is 0 Å². The topological polar surface area (TPSA) is 28.0 Å². The highest BCUT2D eigenvalue weighted by molar-refractivity contribution is 5.14. The predicted molar refractivity (Wildman–Crippen MR) is 46.6 cm³/mol. The fourth-order valence-electron chi connectivity index (χ4n) is 1.24. The SMILES string of the molecule is c1ccc(CN2CCN=N2)cc1. The molecule has 1 heterocycles. The maximum absolute atomic E-state index is 3.99. The molecule has 0 bridgehead atoms. The molecule has 0 atom stereocenters. The highest BCUT2D eigenvalue weighted by atomic mass is 15.6. The maximum atomic E-state index is 3.99. The summed E-state index contributed by atoms with van der Waals surface area (Å²) in [6.45, 7) is 2.67. The van der Waals surface area contributed by atoms with Gasteiger partial charge in [0.15, 0.2) is 0 Å². The molecule has 0 spiro atoms. The zero-order chi connectivity index (χ0) is 8.23. The molecule has 12 heavy (non-hydrogen) atoms. The van der Waals surface area contributed by atoms with E-state index in [2.05, 4.69) is 22.5 Å². The summed E-state index contributed by atoms with van der Waals surface area (Å²) in [5, 5.41) is 9.88. The smallest absolute Gasteiger partial charge is 0.0813 e. The molecule has 0 radical (unpaired) electrons. The monoisotopic (exact) mass is 161 g/mol. The van der Waals surface area contributed by atoms with Gasteiger partial charge in [-0.2, -0.15) is 5.11 Å². The highest BCUT2D eigenvalue weighted by Gasteiger charge is 2.06. The Morgan fingerprint density at radius 1 is 1.25 bits per heavy atom. The van der Waals surface area contributed by atoms with Gasteiger partial charge in [-0.05, 0) is 5.56 Å². The Kier molecular flexibility index (Phi) is 2.03. The second kappa shape index (κ2) is 3.34. The Hall–Kier alpha value is -1.38. The van der Waals surface area contributed by atoms with Crippen LogP contribution in [0.25, 0.3) is 0 Å². The summed E-state index contributed by atoms with van der Waals surface area (Å²) < 4.78 is 0. The molecule has 2 rings (SSSR count). The molecule has 0 fully saturated rings. The third kappa shape index (κ3) is 1.61. The molecule has 1 aliphatic heterocycles. The van der Waals surface area contributed by atoms with Crippen molar-refractivity contribution in [1.82, 2.24) is 5.01 Å². The van der Waals surface area contributed by atoms with Gasteiger partial charge >= 0.3 is 0 Å². The first kappa shape index (κ1) is 7.28. The molecule has 3 nitrogen and oxygen atoms in total. The van der Waals surface area contributed by atoms with Crippen molar-refractivity contribution in [3.63, 3.8) is 0 Å². The van der Waals surface area contributed by atoms with Gasteiger partial charge in [-0.1, -0.05) is 35.6 Å². The van der Waals surface area contributed by atoms with E-state index in [-0.39, 0.29) is 0 Å². The molecular formula is C9H11N3. The van der Waals surface area contributed by atoms with E-state index in [4.69, 9.17) is 0 Å². The van der Waals surface area contributed by atoms with E-state index in [0.29, 0.717) is 0 Å². The van der Waals surface area contributed by atoms with E-state index >= 15 is 0 Å². The van der Waals surface area contributed by atoms with Gasteiger partial charge in [0.2, 0.25) is 0 Å². The fraction of sp³-hybridized carbons (Fsp3) is 0.333. The van der Waals surface area contributed by atoms with Gasteiger partial charge in [0.25, 0.3) is 0 Å². The van der Waals surface area contributed by atoms with Crippen LogP contribution in [0, 0.1) is 0 Å². The van der Waals surface area contributed by atoms with E-state index in [1.807, 2.05) is 23.2 Å². The molecule has 0 saturated heterocycles. The Morgan fingerprint density at radius 2 is 2.08 bits per heavy atom. The number of hydrogen-bond donors (Lipinski definition) is 0. The normalized spacial score (nSPS) is 15.5. The molecule has 62 valence electrons. The van der Waals surface area contributed by atoms with E-state index in [0.717, 1.165) is 19.6 Å². The minimum Gasteiger partial charge on any atom is -0.272 e. The Balaban J connectivity index is 1.99. The molecule has 3 heteroatoms. The first-order valence-corrected chi connectivity index (χ1v) is 4.11. The Morgan fingerprint density at radius 3 is 2.75 bits per heavy atom. The lowest BCUT2D eigenvalue weighted by molar-refractivity contribution is 0.311. The lowest BCUT2D eigenvalue weighted by Gasteiger charge is -2.10. The first-order chi connectivity index (χ1) is 5.95. The minimum atomic E-state index is 0.840. The van der Waals surface area contributed by atoms with Crippen molar-refractivity contribution in [2.75, 3.05) is 13.1 Å². The van der Waals surface area contributed by atoms with Crippen LogP contribution < -0.4 is 0 Å². The van der Waals surface area contributed by atoms with Crippen molar-refractivity contribution in [2.24, 2.45) is 10.3 Å². The molecule has 0 saturated carbocycles. The summed E-state index contributed by atoms with van der Waals surface area (Å²) in [5.74, 6) is 0. The predicted octanol–water partition coefficient (Wildman–Crippen LogP) is 1.87. The van der Waals surface area contributed by atoms with Crippen molar-refractivity contribution >= 4 is 0 Å². The van der Waals surface area contributed by atoms with Crippen LogP contribution in [0.3, 0.4) is 0 Å². The summed E-state index contributed by atoms with van der Waals surface area (Å²) in [4.78, 5) is 0. The van der Waals surface area contributed by atoms with E-state index < -0.39 is 0 Å². The fourth-order valence-corrected chi connectivity index (χ4v) is 1.24. The van der Waals surface area contributed by atoms with Gasteiger partial charge in [-0.3, -0.25) is 5.01 Å². The van der Waals surface area contributed by atoms with Gasteiger partial charge in [-0.25, -0.2) is 0 Å². The zero-order valence-electron chi connectivity index (χ0n) is 6.85. The second-order valence-electron chi connectivity index (χ2n) is 2.83. The zero-order valence-corrected chi connectivity index (χ0v) is 6.85. The summed E-state index contributed by atoms with van der Waals surface area (Å²) in [6, 6.07) is 10.3. The summed E-state index contributed by atoms with van der Waals surface area (Å²) in [6.07, 6.45) is 0. The van der Waals surface area contributed by atoms with Gasteiger partial charge in [-0.15, -0.1) is 0 Å². The van der Waals surface area contributed by atoms with Crippen LogP contribution in [0.4, 0.5) is 0 Å².